The summed E-state index contributed by atoms with van der Waals surface area (Å²) >= 11 is 1.52. The molecule has 5 heteroatoms. The Morgan fingerprint density at radius 2 is 2.05 bits per heavy atom. The minimum atomic E-state index is -0.0547. The molecule has 0 bridgehead atoms. The number of aromatic nitrogens is 2. The maximum atomic E-state index is 12.5. The van der Waals surface area contributed by atoms with E-state index in [4.69, 9.17) is 0 Å². The number of nitrogens with zero attached hydrogens (tertiary/aromatic N) is 2. The molecule has 0 saturated heterocycles. The number of fused-ring (bicyclic) bond motifs is 1. The molecule has 0 spiro atoms. The molecule has 1 saturated carbocycles. The highest BCUT2D eigenvalue weighted by Gasteiger charge is 2.21. The monoisotopic (exact) mass is 311 g/mol. The van der Waals surface area contributed by atoms with E-state index >= 15 is 0 Å². The maximum Gasteiger partial charge on any atom is 0.266 e. The number of carbonyl (C=O) groups is 1. The normalized spacial score (nSPS) is 15.5. The first-order valence-electron chi connectivity index (χ1n) is 7.65. The number of hydrogen-bond donors (Lipinski definition) is 1. The average molecular weight is 311 g/mol. The molecule has 0 radical (unpaired) electrons. The number of carbonyl (C=O) groups excluding carboxylic acids is 1. The van der Waals surface area contributed by atoms with Gasteiger partial charge in [0.15, 0.2) is 0 Å². The summed E-state index contributed by atoms with van der Waals surface area (Å²) in [5.41, 5.74) is 0. The first-order chi connectivity index (χ1) is 10.8. The van der Waals surface area contributed by atoms with Crippen LogP contribution >= 0.6 is 11.3 Å². The van der Waals surface area contributed by atoms with Crippen molar-refractivity contribution in [3.63, 3.8) is 0 Å². The predicted octanol–water partition coefficient (Wildman–Crippen LogP) is 4.47. The number of nitrogens with one attached hydrogen (secondary N) is 1. The Labute approximate surface area is 132 Å². The van der Waals surface area contributed by atoms with E-state index in [2.05, 4.69) is 10.4 Å². The zero-order valence-electron chi connectivity index (χ0n) is 12.2. The standard InChI is InChI=1S/C17H17N3OS/c21-17(15-11-12-5-1-4-8-14(12)22-15)19-16-9-10-18-20(16)13-6-2-3-7-13/h1,4-5,8-11,13H,2-3,6-7H2,(H,19,21). The van der Waals surface area contributed by atoms with Crippen LogP contribution in [0.25, 0.3) is 10.1 Å². The van der Waals surface area contributed by atoms with Crippen molar-refractivity contribution < 1.29 is 4.79 Å². The van der Waals surface area contributed by atoms with Crippen molar-refractivity contribution in [1.82, 2.24) is 9.78 Å². The molecule has 1 aliphatic rings. The third-order valence-corrected chi connectivity index (χ3v) is 5.35. The number of thiophene rings is 1. The molecule has 4 rings (SSSR count). The van der Waals surface area contributed by atoms with Gasteiger partial charge in [-0.15, -0.1) is 11.3 Å². The number of rotatable bonds is 3. The van der Waals surface area contributed by atoms with Gasteiger partial charge in [-0.2, -0.15) is 5.10 Å². The molecule has 2 heterocycles. The number of anilines is 1. The molecule has 112 valence electrons. The quantitative estimate of drug-likeness (QED) is 0.776. The fourth-order valence-corrected chi connectivity index (χ4v) is 4.08. The van der Waals surface area contributed by atoms with Crippen LogP contribution in [0.1, 0.15) is 41.4 Å². The number of amides is 1. The second-order valence-electron chi connectivity index (χ2n) is 5.70. The average Bonchev–Trinajstić information content (AvgIpc) is 3.26. The zero-order valence-corrected chi connectivity index (χ0v) is 13.0. The summed E-state index contributed by atoms with van der Waals surface area (Å²) in [5.74, 6) is 0.746. The van der Waals surface area contributed by atoms with Crippen molar-refractivity contribution in [2.45, 2.75) is 31.7 Å². The summed E-state index contributed by atoms with van der Waals surface area (Å²) in [5, 5.41) is 8.52. The van der Waals surface area contributed by atoms with Crippen LogP contribution in [0.2, 0.25) is 0 Å². The molecule has 4 nitrogen and oxygen atoms in total. The maximum absolute atomic E-state index is 12.5. The van der Waals surface area contributed by atoms with E-state index in [-0.39, 0.29) is 5.91 Å². The van der Waals surface area contributed by atoms with Gasteiger partial charge in [-0.3, -0.25) is 4.79 Å². The van der Waals surface area contributed by atoms with Gasteiger partial charge >= 0.3 is 0 Å². The zero-order chi connectivity index (χ0) is 14.9. The smallest absolute Gasteiger partial charge is 0.266 e. The molecule has 0 atom stereocenters. The van der Waals surface area contributed by atoms with Crippen LogP contribution in [0.5, 0.6) is 0 Å². The summed E-state index contributed by atoms with van der Waals surface area (Å²) in [6.45, 7) is 0. The highest BCUT2D eigenvalue weighted by Crippen LogP contribution is 2.32. The molecule has 1 aromatic carbocycles. The van der Waals surface area contributed by atoms with Crippen LogP contribution in [0.4, 0.5) is 5.82 Å². The minimum absolute atomic E-state index is 0.0547. The lowest BCUT2D eigenvalue weighted by molar-refractivity contribution is 0.102. The van der Waals surface area contributed by atoms with Crippen LogP contribution in [-0.4, -0.2) is 15.7 Å². The third-order valence-electron chi connectivity index (χ3n) is 4.23. The van der Waals surface area contributed by atoms with Gasteiger partial charge in [0.05, 0.1) is 17.1 Å². The second kappa shape index (κ2) is 5.57. The molecule has 0 unspecified atom stereocenters. The van der Waals surface area contributed by atoms with Crippen molar-refractivity contribution in [2.24, 2.45) is 0 Å². The summed E-state index contributed by atoms with van der Waals surface area (Å²) in [6.07, 6.45) is 6.54. The van der Waals surface area contributed by atoms with Crippen molar-refractivity contribution >= 4 is 33.1 Å². The Balaban J connectivity index is 1.58. The Kier molecular flexibility index (Phi) is 3.42. The van der Waals surface area contributed by atoms with E-state index in [9.17, 15) is 4.79 Å². The van der Waals surface area contributed by atoms with Gasteiger partial charge in [0, 0.05) is 10.8 Å². The van der Waals surface area contributed by atoms with E-state index in [0.717, 1.165) is 33.6 Å². The van der Waals surface area contributed by atoms with Gasteiger partial charge < -0.3 is 5.32 Å². The molecule has 1 amide bonds. The molecule has 1 aliphatic carbocycles. The fraction of sp³-hybridized carbons (Fsp3) is 0.294. The van der Waals surface area contributed by atoms with Crippen LogP contribution in [0.3, 0.4) is 0 Å². The largest absolute Gasteiger partial charge is 0.306 e. The fourth-order valence-electron chi connectivity index (χ4n) is 3.12. The SMILES string of the molecule is O=C(Nc1ccnn1C1CCCC1)c1cc2ccccc2s1. The Bertz CT molecular complexity index is 781. The van der Waals surface area contributed by atoms with Crippen LogP contribution in [-0.2, 0) is 0 Å². The Morgan fingerprint density at radius 1 is 1.23 bits per heavy atom. The highest BCUT2D eigenvalue weighted by molar-refractivity contribution is 7.20. The first kappa shape index (κ1) is 13.5. The predicted molar refractivity (Wildman–Crippen MR) is 89.5 cm³/mol. The topological polar surface area (TPSA) is 46.9 Å². The van der Waals surface area contributed by atoms with Gasteiger partial charge in [-0.05, 0) is 30.4 Å². The lowest BCUT2D eigenvalue weighted by Crippen LogP contribution is -2.16. The van der Waals surface area contributed by atoms with E-state index in [0.29, 0.717) is 6.04 Å². The summed E-state index contributed by atoms with van der Waals surface area (Å²) in [6, 6.07) is 12.3. The van der Waals surface area contributed by atoms with E-state index in [1.807, 2.05) is 41.1 Å². The highest BCUT2D eigenvalue weighted by atomic mass is 32.1. The Hall–Kier alpha value is -2.14. The van der Waals surface area contributed by atoms with Crippen molar-refractivity contribution in [3.05, 3.63) is 47.5 Å². The van der Waals surface area contributed by atoms with Gasteiger partial charge in [-0.25, -0.2) is 4.68 Å². The minimum Gasteiger partial charge on any atom is -0.306 e. The molecule has 22 heavy (non-hydrogen) atoms. The lowest BCUT2D eigenvalue weighted by atomic mass is 10.2. The van der Waals surface area contributed by atoms with Crippen LogP contribution in [0.15, 0.2) is 42.6 Å². The number of benzene rings is 1. The Morgan fingerprint density at radius 3 is 2.86 bits per heavy atom. The molecular weight excluding hydrogens is 294 g/mol. The summed E-state index contributed by atoms with van der Waals surface area (Å²) in [4.78, 5) is 13.2. The molecular formula is C17H17N3OS. The van der Waals surface area contributed by atoms with Crippen molar-refractivity contribution in [3.8, 4) is 0 Å². The van der Waals surface area contributed by atoms with E-state index in [1.165, 1.54) is 24.2 Å². The molecule has 1 fully saturated rings. The van der Waals surface area contributed by atoms with Gasteiger partial charge in [0.25, 0.3) is 5.91 Å². The van der Waals surface area contributed by atoms with Gasteiger partial charge in [0.2, 0.25) is 0 Å². The van der Waals surface area contributed by atoms with Gasteiger partial charge in [0.1, 0.15) is 5.82 Å². The molecule has 0 aliphatic heterocycles. The first-order valence-corrected chi connectivity index (χ1v) is 8.46. The third kappa shape index (κ3) is 2.41. The summed E-state index contributed by atoms with van der Waals surface area (Å²) < 4.78 is 3.11. The van der Waals surface area contributed by atoms with Crippen LogP contribution < -0.4 is 5.32 Å². The molecule has 1 N–H and O–H groups in total. The summed E-state index contributed by atoms with van der Waals surface area (Å²) in [7, 11) is 0. The van der Waals surface area contributed by atoms with E-state index in [1.54, 1.807) is 6.20 Å². The molecule has 2 aromatic heterocycles. The van der Waals surface area contributed by atoms with E-state index < -0.39 is 0 Å². The lowest BCUT2D eigenvalue weighted by Gasteiger charge is -2.14. The number of hydrogen-bond acceptors (Lipinski definition) is 3. The van der Waals surface area contributed by atoms with Crippen molar-refractivity contribution in [1.29, 1.82) is 0 Å². The van der Waals surface area contributed by atoms with Crippen LogP contribution in [0, 0.1) is 0 Å². The van der Waals surface area contributed by atoms with Gasteiger partial charge in [-0.1, -0.05) is 31.0 Å². The molecule has 3 aromatic rings. The second-order valence-corrected chi connectivity index (χ2v) is 6.79. The van der Waals surface area contributed by atoms with Crippen molar-refractivity contribution in [2.75, 3.05) is 5.32 Å².